The Balaban J connectivity index is 2.24. The van der Waals surface area contributed by atoms with Gasteiger partial charge in [-0.1, -0.05) is 6.92 Å². The molecule has 0 spiro atoms. The van der Waals surface area contributed by atoms with Gasteiger partial charge >= 0.3 is 5.97 Å². The molecule has 2 nitrogen and oxygen atoms in total. The molecule has 0 N–H and O–H groups in total. The molecule has 1 aliphatic carbocycles. The van der Waals surface area contributed by atoms with Gasteiger partial charge in [0.05, 0.1) is 5.92 Å². The monoisotopic (exact) mass is 160 g/mol. The van der Waals surface area contributed by atoms with Gasteiger partial charge in [0, 0.05) is 0 Å². The Labute approximate surface area is 66.4 Å². The lowest BCUT2D eigenvalue weighted by molar-refractivity contribution is -0.146. The molecule has 1 rings (SSSR count). The first kappa shape index (κ1) is 7.92. The Hall–Kier alpha value is -0.180. The van der Waals surface area contributed by atoms with Crippen LogP contribution in [-0.2, 0) is 9.53 Å². The molecule has 0 aromatic carbocycles. The van der Waals surface area contributed by atoms with Crippen molar-refractivity contribution in [3.8, 4) is 0 Å². The molecule has 0 aliphatic heterocycles. The van der Waals surface area contributed by atoms with Crippen LogP contribution in [0.25, 0.3) is 0 Å². The second-order valence-corrected chi connectivity index (χ2v) is 2.98. The van der Waals surface area contributed by atoms with Gasteiger partial charge in [-0.05, 0) is 18.8 Å². The zero-order chi connectivity index (χ0) is 7.56. The standard InChI is InChI=1S/C7H12O2S/c1-5(6-2-3-6)7(8)9-4-10/h5-6,10H,2-4H2,1H3. The molecule has 0 bridgehead atoms. The Kier molecular flexibility index (Phi) is 2.60. The Morgan fingerprint density at radius 1 is 1.80 bits per heavy atom. The van der Waals surface area contributed by atoms with Gasteiger partial charge in [-0.3, -0.25) is 4.79 Å². The molecule has 0 radical (unpaired) electrons. The minimum absolute atomic E-state index is 0.0900. The number of thiol groups is 1. The van der Waals surface area contributed by atoms with Gasteiger partial charge in [-0.2, -0.15) is 0 Å². The largest absolute Gasteiger partial charge is 0.455 e. The molecule has 0 aromatic heterocycles. The molecular weight excluding hydrogens is 148 g/mol. The first-order chi connectivity index (χ1) is 4.75. The van der Waals surface area contributed by atoms with Gasteiger partial charge < -0.3 is 4.74 Å². The predicted octanol–water partition coefficient (Wildman–Crippen LogP) is 1.46. The van der Waals surface area contributed by atoms with E-state index < -0.39 is 0 Å². The van der Waals surface area contributed by atoms with E-state index in [0.29, 0.717) is 5.92 Å². The molecule has 0 aromatic rings. The average molecular weight is 160 g/mol. The molecule has 58 valence electrons. The van der Waals surface area contributed by atoms with Crippen molar-refractivity contribution in [2.24, 2.45) is 11.8 Å². The third-order valence-electron chi connectivity index (χ3n) is 1.91. The fourth-order valence-corrected chi connectivity index (χ4v) is 1.11. The quantitative estimate of drug-likeness (QED) is 0.384. The summed E-state index contributed by atoms with van der Waals surface area (Å²) >= 11 is 3.80. The van der Waals surface area contributed by atoms with E-state index in [1.54, 1.807) is 0 Å². The van der Waals surface area contributed by atoms with Crippen LogP contribution in [0.4, 0.5) is 0 Å². The number of rotatable bonds is 3. The third kappa shape index (κ3) is 1.90. The van der Waals surface area contributed by atoms with Crippen molar-refractivity contribution >= 4 is 18.6 Å². The van der Waals surface area contributed by atoms with Crippen molar-refractivity contribution in [2.45, 2.75) is 19.8 Å². The van der Waals surface area contributed by atoms with E-state index in [2.05, 4.69) is 12.6 Å². The summed E-state index contributed by atoms with van der Waals surface area (Å²) in [6.45, 7) is 1.92. The molecule has 1 unspecified atom stereocenters. The van der Waals surface area contributed by atoms with Crippen molar-refractivity contribution in [2.75, 3.05) is 5.94 Å². The molecular formula is C7H12O2S. The van der Waals surface area contributed by atoms with E-state index in [-0.39, 0.29) is 17.8 Å². The molecule has 1 saturated carbocycles. The summed E-state index contributed by atoms with van der Waals surface area (Å²) in [5.41, 5.74) is 0. The topological polar surface area (TPSA) is 26.3 Å². The molecule has 3 heteroatoms. The van der Waals surface area contributed by atoms with Gasteiger partial charge in [-0.25, -0.2) is 0 Å². The summed E-state index contributed by atoms with van der Waals surface area (Å²) in [5.74, 6) is 0.785. The lowest BCUT2D eigenvalue weighted by Gasteiger charge is -2.06. The maximum atomic E-state index is 11.0. The van der Waals surface area contributed by atoms with Crippen molar-refractivity contribution in [1.82, 2.24) is 0 Å². The van der Waals surface area contributed by atoms with Crippen molar-refractivity contribution in [1.29, 1.82) is 0 Å². The second kappa shape index (κ2) is 3.28. The van der Waals surface area contributed by atoms with Crippen LogP contribution in [0.1, 0.15) is 19.8 Å². The highest BCUT2D eigenvalue weighted by atomic mass is 32.1. The second-order valence-electron chi connectivity index (χ2n) is 2.72. The van der Waals surface area contributed by atoms with Crippen LogP contribution in [0, 0.1) is 11.8 Å². The first-order valence-corrected chi connectivity index (χ1v) is 4.16. The molecule has 0 heterocycles. The van der Waals surface area contributed by atoms with Crippen molar-refractivity contribution in [3.63, 3.8) is 0 Å². The van der Waals surface area contributed by atoms with Crippen LogP contribution in [0.5, 0.6) is 0 Å². The molecule has 0 amide bonds. The maximum Gasteiger partial charge on any atom is 0.309 e. The van der Waals surface area contributed by atoms with Crippen LogP contribution >= 0.6 is 12.6 Å². The van der Waals surface area contributed by atoms with Gasteiger partial charge in [0.15, 0.2) is 0 Å². The molecule has 1 aliphatic rings. The van der Waals surface area contributed by atoms with E-state index in [4.69, 9.17) is 4.74 Å². The Bertz CT molecular complexity index is 132. The SMILES string of the molecule is CC(C(=O)OCS)C1CC1. The van der Waals surface area contributed by atoms with Gasteiger partial charge in [-0.15, -0.1) is 12.6 Å². The minimum Gasteiger partial charge on any atom is -0.455 e. The summed E-state index contributed by atoms with van der Waals surface area (Å²) in [7, 11) is 0. The number of carbonyl (C=O) groups excluding carboxylic acids is 1. The minimum atomic E-state index is -0.0995. The number of hydrogen-bond donors (Lipinski definition) is 1. The molecule has 10 heavy (non-hydrogen) atoms. The third-order valence-corrected chi connectivity index (χ3v) is 2.04. The van der Waals surface area contributed by atoms with Crippen LogP contribution in [0.15, 0.2) is 0 Å². The predicted molar refractivity (Wildman–Crippen MR) is 41.8 cm³/mol. The highest BCUT2D eigenvalue weighted by Crippen LogP contribution is 2.36. The van der Waals surface area contributed by atoms with Crippen molar-refractivity contribution in [3.05, 3.63) is 0 Å². The highest BCUT2D eigenvalue weighted by molar-refractivity contribution is 7.80. The van der Waals surface area contributed by atoms with Crippen molar-refractivity contribution < 1.29 is 9.53 Å². The van der Waals surface area contributed by atoms with E-state index >= 15 is 0 Å². The normalized spacial score (nSPS) is 20.2. The fourth-order valence-electron chi connectivity index (χ4n) is 0.984. The zero-order valence-electron chi connectivity index (χ0n) is 6.04. The van der Waals surface area contributed by atoms with Gasteiger partial charge in [0.1, 0.15) is 5.94 Å². The smallest absolute Gasteiger partial charge is 0.309 e. The summed E-state index contributed by atoms with van der Waals surface area (Å²) in [4.78, 5) is 11.0. The zero-order valence-corrected chi connectivity index (χ0v) is 6.93. The van der Waals surface area contributed by atoms with Crippen LogP contribution in [0.2, 0.25) is 0 Å². The van der Waals surface area contributed by atoms with Crippen LogP contribution < -0.4 is 0 Å². The number of ether oxygens (including phenoxy) is 1. The summed E-state index contributed by atoms with van der Waals surface area (Å²) < 4.78 is 4.73. The van der Waals surface area contributed by atoms with Crippen LogP contribution in [-0.4, -0.2) is 11.9 Å². The van der Waals surface area contributed by atoms with E-state index in [1.807, 2.05) is 6.92 Å². The van der Waals surface area contributed by atoms with Gasteiger partial charge in [0.25, 0.3) is 0 Å². The van der Waals surface area contributed by atoms with E-state index in [1.165, 1.54) is 12.8 Å². The Morgan fingerprint density at radius 3 is 2.80 bits per heavy atom. The summed E-state index contributed by atoms with van der Waals surface area (Å²) in [6, 6.07) is 0. The average Bonchev–Trinajstić information content (AvgIpc) is 2.68. The maximum absolute atomic E-state index is 11.0. The summed E-state index contributed by atoms with van der Waals surface area (Å²) in [5, 5.41) is 0. The van der Waals surface area contributed by atoms with Crippen LogP contribution in [0.3, 0.4) is 0 Å². The first-order valence-electron chi connectivity index (χ1n) is 3.53. The number of esters is 1. The Morgan fingerprint density at radius 2 is 2.40 bits per heavy atom. The van der Waals surface area contributed by atoms with Gasteiger partial charge in [0.2, 0.25) is 0 Å². The molecule has 1 atom stereocenters. The summed E-state index contributed by atoms with van der Waals surface area (Å²) in [6.07, 6.45) is 2.37. The lowest BCUT2D eigenvalue weighted by atomic mass is 10.1. The number of hydrogen-bond acceptors (Lipinski definition) is 3. The highest BCUT2D eigenvalue weighted by Gasteiger charge is 2.33. The molecule has 1 fully saturated rings. The van der Waals surface area contributed by atoms with E-state index in [0.717, 1.165) is 0 Å². The lowest BCUT2D eigenvalue weighted by Crippen LogP contribution is -2.15. The van der Waals surface area contributed by atoms with E-state index in [9.17, 15) is 4.79 Å². The fraction of sp³-hybridized carbons (Fsp3) is 0.857. The number of carbonyl (C=O) groups is 1. The molecule has 0 saturated heterocycles.